The minimum absolute atomic E-state index is 0.141. The van der Waals surface area contributed by atoms with E-state index in [4.69, 9.17) is 4.74 Å². The van der Waals surface area contributed by atoms with E-state index in [2.05, 4.69) is 26.5 Å². The Morgan fingerprint density at radius 2 is 2.09 bits per heavy atom. The number of esters is 1. The van der Waals surface area contributed by atoms with E-state index < -0.39 is 0 Å². The fourth-order valence-electron chi connectivity index (χ4n) is 4.92. The Morgan fingerprint density at radius 3 is 2.77 bits per heavy atom. The lowest BCUT2D eigenvalue weighted by Gasteiger charge is -2.53. The first-order valence-corrected chi connectivity index (χ1v) is 8.50. The first-order chi connectivity index (χ1) is 10.4. The van der Waals surface area contributed by atoms with Crippen molar-refractivity contribution in [3.05, 3.63) is 23.8 Å². The average molecular weight is 302 g/mol. The number of allylic oxidation sites excluding steroid dienone is 2. The van der Waals surface area contributed by atoms with Gasteiger partial charge in [0.25, 0.3) is 0 Å². The number of carbonyl (C=O) groups excluding carboxylic acids is 2. The Labute approximate surface area is 132 Å². The van der Waals surface area contributed by atoms with Crippen LogP contribution in [-0.2, 0) is 14.3 Å². The molecule has 0 spiro atoms. The largest absolute Gasteiger partial charge is 0.462 e. The highest BCUT2D eigenvalue weighted by Crippen LogP contribution is 2.57. The van der Waals surface area contributed by atoms with Crippen molar-refractivity contribution in [1.29, 1.82) is 0 Å². The van der Waals surface area contributed by atoms with Crippen molar-refractivity contribution in [2.24, 2.45) is 23.2 Å². The van der Waals surface area contributed by atoms with Crippen LogP contribution < -0.4 is 0 Å². The van der Waals surface area contributed by atoms with Gasteiger partial charge in [0.1, 0.15) is 5.78 Å². The lowest BCUT2D eigenvalue weighted by Crippen LogP contribution is -2.48. The maximum atomic E-state index is 12.1. The number of hydrogen-bond acceptors (Lipinski definition) is 3. The van der Waals surface area contributed by atoms with Gasteiger partial charge < -0.3 is 4.74 Å². The molecule has 0 radical (unpaired) electrons. The number of ketones is 1. The summed E-state index contributed by atoms with van der Waals surface area (Å²) in [4.78, 5) is 23.7. The summed E-state index contributed by atoms with van der Waals surface area (Å²) in [5.41, 5.74) is 2.25. The SMILES string of the molecule is C=C1CCC2C(C)C(=O)CCC2(C)C1CC=C1CCOC1=O. The summed E-state index contributed by atoms with van der Waals surface area (Å²) in [6, 6.07) is 0. The van der Waals surface area contributed by atoms with Gasteiger partial charge in [-0.05, 0) is 42.9 Å². The molecular weight excluding hydrogens is 276 g/mol. The van der Waals surface area contributed by atoms with Crippen molar-refractivity contribution < 1.29 is 14.3 Å². The highest BCUT2D eigenvalue weighted by atomic mass is 16.5. The summed E-state index contributed by atoms with van der Waals surface area (Å²) in [7, 11) is 0. The molecule has 1 saturated heterocycles. The molecule has 1 heterocycles. The summed E-state index contributed by atoms with van der Waals surface area (Å²) in [6.45, 7) is 9.26. The third-order valence-electron chi connectivity index (χ3n) is 6.40. The van der Waals surface area contributed by atoms with Crippen LogP contribution in [0.15, 0.2) is 23.8 Å². The molecule has 3 fully saturated rings. The predicted molar refractivity (Wildman–Crippen MR) is 85.1 cm³/mol. The normalized spacial score (nSPS) is 40.7. The number of fused-ring (bicyclic) bond motifs is 1. The van der Waals surface area contributed by atoms with Gasteiger partial charge in [-0.15, -0.1) is 0 Å². The van der Waals surface area contributed by atoms with Crippen LogP contribution in [0.4, 0.5) is 0 Å². The first kappa shape index (κ1) is 15.5. The fraction of sp³-hybridized carbons (Fsp3) is 0.684. The lowest BCUT2D eigenvalue weighted by atomic mass is 9.51. The Kier molecular flexibility index (Phi) is 4.00. The number of Topliss-reactive ketones (excluding diaryl/α,β-unsaturated/α-hetero) is 1. The molecule has 0 aromatic heterocycles. The van der Waals surface area contributed by atoms with E-state index in [1.165, 1.54) is 5.57 Å². The molecule has 3 heteroatoms. The average Bonchev–Trinajstić information content (AvgIpc) is 2.88. The summed E-state index contributed by atoms with van der Waals surface area (Å²) in [6.07, 6.45) is 7.40. The zero-order chi connectivity index (χ0) is 15.9. The molecule has 22 heavy (non-hydrogen) atoms. The summed E-state index contributed by atoms with van der Waals surface area (Å²) in [5.74, 6) is 1.26. The number of ether oxygens (including phenoxy) is 1. The van der Waals surface area contributed by atoms with E-state index in [-0.39, 0.29) is 17.3 Å². The third kappa shape index (κ3) is 2.45. The van der Waals surface area contributed by atoms with Crippen LogP contribution >= 0.6 is 0 Å². The Hall–Kier alpha value is -1.38. The van der Waals surface area contributed by atoms with Crippen LogP contribution in [0.5, 0.6) is 0 Å². The molecule has 4 atom stereocenters. The van der Waals surface area contributed by atoms with Crippen molar-refractivity contribution >= 4 is 11.8 Å². The fourth-order valence-corrected chi connectivity index (χ4v) is 4.92. The summed E-state index contributed by atoms with van der Waals surface area (Å²) < 4.78 is 5.02. The maximum absolute atomic E-state index is 12.1. The molecular formula is C19H26O3. The highest BCUT2D eigenvalue weighted by Gasteiger charge is 2.50. The van der Waals surface area contributed by atoms with Crippen molar-refractivity contribution in [2.75, 3.05) is 6.61 Å². The Bertz CT molecular complexity index is 545. The molecule has 0 bridgehead atoms. The van der Waals surface area contributed by atoms with E-state index in [1.54, 1.807) is 0 Å². The van der Waals surface area contributed by atoms with E-state index in [0.717, 1.165) is 37.7 Å². The second-order valence-corrected chi connectivity index (χ2v) is 7.47. The Balaban J connectivity index is 1.83. The molecule has 3 nitrogen and oxygen atoms in total. The van der Waals surface area contributed by atoms with Crippen molar-refractivity contribution in [3.8, 4) is 0 Å². The van der Waals surface area contributed by atoms with Gasteiger partial charge in [0.15, 0.2) is 0 Å². The molecule has 0 amide bonds. The van der Waals surface area contributed by atoms with Gasteiger partial charge in [-0.25, -0.2) is 4.79 Å². The van der Waals surface area contributed by atoms with Crippen LogP contribution in [0.1, 0.15) is 52.4 Å². The maximum Gasteiger partial charge on any atom is 0.333 e. The molecule has 3 rings (SSSR count). The van der Waals surface area contributed by atoms with Gasteiger partial charge >= 0.3 is 5.97 Å². The topological polar surface area (TPSA) is 43.4 Å². The van der Waals surface area contributed by atoms with Gasteiger partial charge in [0.2, 0.25) is 0 Å². The van der Waals surface area contributed by atoms with Crippen molar-refractivity contribution in [3.63, 3.8) is 0 Å². The van der Waals surface area contributed by atoms with Gasteiger partial charge in [-0.2, -0.15) is 0 Å². The van der Waals surface area contributed by atoms with E-state index in [1.807, 2.05) is 0 Å². The standard InChI is InChI=1S/C19H26O3/c1-12-4-6-16-13(2)17(20)8-10-19(16,3)15(12)7-5-14-9-11-22-18(14)21/h5,13,15-16H,1,4,6-11H2,2-3H3. The second-order valence-electron chi connectivity index (χ2n) is 7.47. The number of cyclic esters (lactones) is 1. The van der Waals surface area contributed by atoms with Gasteiger partial charge in [-0.1, -0.05) is 32.1 Å². The first-order valence-electron chi connectivity index (χ1n) is 8.50. The quantitative estimate of drug-likeness (QED) is 0.442. The molecule has 0 N–H and O–H groups in total. The molecule has 0 aromatic carbocycles. The van der Waals surface area contributed by atoms with Crippen LogP contribution in [0.2, 0.25) is 0 Å². The molecule has 0 aromatic rings. The zero-order valence-corrected chi connectivity index (χ0v) is 13.7. The van der Waals surface area contributed by atoms with E-state index in [0.29, 0.717) is 30.6 Å². The second kappa shape index (κ2) is 5.68. The van der Waals surface area contributed by atoms with Crippen molar-refractivity contribution in [1.82, 2.24) is 0 Å². The van der Waals surface area contributed by atoms with Gasteiger partial charge in [-0.3, -0.25) is 4.79 Å². The molecule has 120 valence electrons. The predicted octanol–water partition coefficient (Wildman–Crippen LogP) is 3.84. The van der Waals surface area contributed by atoms with Crippen LogP contribution in [0, 0.1) is 23.2 Å². The van der Waals surface area contributed by atoms with Crippen LogP contribution in [0.25, 0.3) is 0 Å². The van der Waals surface area contributed by atoms with Crippen molar-refractivity contribution in [2.45, 2.75) is 52.4 Å². The van der Waals surface area contributed by atoms with E-state index in [9.17, 15) is 9.59 Å². The highest BCUT2D eigenvalue weighted by molar-refractivity contribution is 5.90. The van der Waals surface area contributed by atoms with Crippen LogP contribution in [-0.4, -0.2) is 18.4 Å². The van der Waals surface area contributed by atoms with E-state index >= 15 is 0 Å². The Morgan fingerprint density at radius 1 is 1.32 bits per heavy atom. The number of carbonyl (C=O) groups is 2. The van der Waals surface area contributed by atoms with Crippen LogP contribution in [0.3, 0.4) is 0 Å². The molecule has 1 aliphatic heterocycles. The van der Waals surface area contributed by atoms with Gasteiger partial charge in [0.05, 0.1) is 6.61 Å². The molecule has 2 saturated carbocycles. The van der Waals surface area contributed by atoms with Gasteiger partial charge in [0, 0.05) is 24.3 Å². The molecule has 4 unspecified atom stereocenters. The zero-order valence-electron chi connectivity index (χ0n) is 13.7. The third-order valence-corrected chi connectivity index (χ3v) is 6.40. The lowest BCUT2D eigenvalue weighted by molar-refractivity contribution is -0.135. The number of rotatable bonds is 2. The monoisotopic (exact) mass is 302 g/mol. The summed E-state index contributed by atoms with van der Waals surface area (Å²) in [5, 5.41) is 0. The molecule has 2 aliphatic carbocycles. The smallest absolute Gasteiger partial charge is 0.333 e. The summed E-state index contributed by atoms with van der Waals surface area (Å²) >= 11 is 0. The minimum atomic E-state index is -0.157. The molecule has 3 aliphatic rings. The number of hydrogen-bond donors (Lipinski definition) is 0. The minimum Gasteiger partial charge on any atom is -0.462 e.